The van der Waals surface area contributed by atoms with Gasteiger partial charge in [-0.2, -0.15) is 0 Å². The summed E-state index contributed by atoms with van der Waals surface area (Å²) < 4.78 is 5.89. The van der Waals surface area contributed by atoms with Crippen LogP contribution in [-0.4, -0.2) is 10.9 Å². The Morgan fingerprint density at radius 1 is 1.20 bits per heavy atom. The van der Waals surface area contributed by atoms with E-state index in [9.17, 15) is 9.59 Å². The maximum atomic E-state index is 12.1. The van der Waals surface area contributed by atoms with Crippen LogP contribution in [0.1, 0.15) is 10.4 Å². The quantitative estimate of drug-likeness (QED) is 0.672. The van der Waals surface area contributed by atoms with Gasteiger partial charge in [-0.05, 0) is 59.0 Å². The van der Waals surface area contributed by atoms with E-state index in [1.165, 1.54) is 0 Å². The van der Waals surface area contributed by atoms with E-state index in [1.54, 1.807) is 30.3 Å². The topological polar surface area (TPSA) is 75.1 Å². The van der Waals surface area contributed by atoms with Crippen molar-refractivity contribution < 1.29 is 9.21 Å². The normalized spacial score (nSPS) is 10.7. The molecule has 3 rings (SSSR count). The first-order chi connectivity index (χ1) is 9.61. The van der Waals surface area contributed by atoms with Crippen LogP contribution in [0.3, 0.4) is 0 Å². The van der Waals surface area contributed by atoms with Crippen molar-refractivity contribution in [1.29, 1.82) is 0 Å². The van der Waals surface area contributed by atoms with Gasteiger partial charge in [0.15, 0.2) is 5.58 Å². The van der Waals surface area contributed by atoms with Crippen LogP contribution in [-0.2, 0) is 0 Å². The lowest BCUT2D eigenvalue weighted by molar-refractivity contribution is 0.102. The van der Waals surface area contributed by atoms with Crippen molar-refractivity contribution in [1.82, 2.24) is 4.98 Å². The molecule has 5 nitrogen and oxygen atoms in total. The van der Waals surface area contributed by atoms with E-state index in [2.05, 4.69) is 32.9 Å². The second kappa shape index (κ2) is 5.12. The maximum Gasteiger partial charge on any atom is 0.417 e. The van der Waals surface area contributed by atoms with Gasteiger partial charge in [-0.3, -0.25) is 9.78 Å². The van der Waals surface area contributed by atoms with Gasteiger partial charge in [-0.25, -0.2) is 4.79 Å². The number of rotatable bonds is 2. The average Bonchev–Trinajstić information content (AvgIpc) is 2.78. The summed E-state index contributed by atoms with van der Waals surface area (Å²) in [4.78, 5) is 25.7. The Balaban J connectivity index is 1.88. The van der Waals surface area contributed by atoms with Crippen LogP contribution in [0, 0.1) is 3.57 Å². The van der Waals surface area contributed by atoms with E-state index >= 15 is 0 Å². The van der Waals surface area contributed by atoms with E-state index in [-0.39, 0.29) is 5.91 Å². The zero-order valence-corrected chi connectivity index (χ0v) is 12.3. The Morgan fingerprint density at radius 3 is 2.85 bits per heavy atom. The first kappa shape index (κ1) is 12.9. The fraction of sp³-hybridized carbons (Fsp3) is 0. The third-order valence-corrected chi connectivity index (χ3v) is 3.43. The number of halogens is 1. The zero-order chi connectivity index (χ0) is 14.1. The van der Waals surface area contributed by atoms with Gasteiger partial charge in [-0.1, -0.05) is 6.07 Å². The summed E-state index contributed by atoms with van der Waals surface area (Å²) in [5.41, 5.74) is 2.19. The fourth-order valence-corrected chi connectivity index (χ4v) is 2.41. The molecule has 0 saturated carbocycles. The molecule has 2 aromatic carbocycles. The van der Waals surface area contributed by atoms with Gasteiger partial charge in [0, 0.05) is 14.8 Å². The van der Waals surface area contributed by atoms with E-state index in [4.69, 9.17) is 4.42 Å². The highest BCUT2D eigenvalue weighted by molar-refractivity contribution is 14.1. The molecule has 0 aliphatic carbocycles. The predicted molar refractivity (Wildman–Crippen MR) is 83.9 cm³/mol. The van der Waals surface area contributed by atoms with E-state index in [0.29, 0.717) is 22.4 Å². The van der Waals surface area contributed by atoms with Crippen LogP contribution in [0.2, 0.25) is 0 Å². The molecule has 0 fully saturated rings. The van der Waals surface area contributed by atoms with E-state index in [1.807, 2.05) is 12.1 Å². The molecule has 1 amide bonds. The van der Waals surface area contributed by atoms with Crippen molar-refractivity contribution in [3.8, 4) is 0 Å². The summed E-state index contributed by atoms with van der Waals surface area (Å²) in [6, 6.07) is 12.3. The summed E-state index contributed by atoms with van der Waals surface area (Å²) in [6.07, 6.45) is 0. The molecule has 0 bridgehead atoms. The lowest BCUT2D eigenvalue weighted by atomic mass is 10.2. The highest BCUT2D eigenvalue weighted by Gasteiger charge is 2.08. The summed E-state index contributed by atoms with van der Waals surface area (Å²) in [5, 5.41) is 2.78. The third kappa shape index (κ3) is 2.60. The molecule has 20 heavy (non-hydrogen) atoms. The predicted octanol–water partition coefficient (Wildman–Crippen LogP) is 2.98. The molecule has 0 spiro atoms. The van der Waals surface area contributed by atoms with E-state index in [0.717, 1.165) is 3.57 Å². The standard InChI is InChI=1S/C14H9IN2O3/c15-9-3-1-2-8(6-9)13(18)16-10-4-5-12-11(7-10)17-14(19)20-12/h1-7H,(H,16,18)(H,17,19). The number of oxazole rings is 1. The molecular formula is C14H9IN2O3. The second-order valence-electron chi connectivity index (χ2n) is 4.19. The lowest BCUT2D eigenvalue weighted by Gasteiger charge is -2.05. The minimum Gasteiger partial charge on any atom is -0.408 e. The fourth-order valence-electron chi connectivity index (χ4n) is 1.86. The summed E-state index contributed by atoms with van der Waals surface area (Å²) in [6.45, 7) is 0. The highest BCUT2D eigenvalue weighted by Crippen LogP contribution is 2.17. The monoisotopic (exact) mass is 380 g/mol. The summed E-state index contributed by atoms with van der Waals surface area (Å²) in [7, 11) is 0. The van der Waals surface area contributed by atoms with Crippen LogP contribution < -0.4 is 11.1 Å². The van der Waals surface area contributed by atoms with Crippen LogP contribution in [0.4, 0.5) is 5.69 Å². The highest BCUT2D eigenvalue weighted by atomic mass is 127. The van der Waals surface area contributed by atoms with Crippen molar-refractivity contribution in [3.05, 3.63) is 62.1 Å². The molecule has 0 unspecified atom stereocenters. The molecular weight excluding hydrogens is 371 g/mol. The Bertz CT molecular complexity index is 851. The van der Waals surface area contributed by atoms with E-state index < -0.39 is 5.76 Å². The Kier molecular flexibility index (Phi) is 3.31. The van der Waals surface area contributed by atoms with Crippen LogP contribution in [0.15, 0.2) is 51.7 Å². The Hall–Kier alpha value is -2.09. The number of aromatic nitrogens is 1. The first-order valence-corrected chi connectivity index (χ1v) is 6.89. The molecule has 0 atom stereocenters. The summed E-state index contributed by atoms with van der Waals surface area (Å²) >= 11 is 2.15. The number of anilines is 1. The molecule has 0 aliphatic rings. The van der Waals surface area contributed by atoms with Gasteiger partial charge < -0.3 is 9.73 Å². The van der Waals surface area contributed by atoms with Crippen molar-refractivity contribution in [3.63, 3.8) is 0 Å². The minimum absolute atomic E-state index is 0.200. The number of hydrogen-bond acceptors (Lipinski definition) is 3. The second-order valence-corrected chi connectivity index (χ2v) is 5.44. The molecule has 2 N–H and O–H groups in total. The van der Waals surface area contributed by atoms with Crippen LogP contribution in [0.5, 0.6) is 0 Å². The molecule has 100 valence electrons. The van der Waals surface area contributed by atoms with Gasteiger partial charge in [0.05, 0.1) is 5.52 Å². The van der Waals surface area contributed by atoms with Crippen molar-refractivity contribution in [2.24, 2.45) is 0 Å². The Labute approximate surface area is 127 Å². The van der Waals surface area contributed by atoms with Crippen LogP contribution in [0.25, 0.3) is 11.1 Å². The zero-order valence-electron chi connectivity index (χ0n) is 10.1. The molecule has 1 heterocycles. The van der Waals surface area contributed by atoms with Crippen molar-refractivity contribution in [2.75, 3.05) is 5.32 Å². The number of aromatic amines is 1. The molecule has 3 aromatic rings. The first-order valence-electron chi connectivity index (χ1n) is 5.81. The smallest absolute Gasteiger partial charge is 0.408 e. The average molecular weight is 380 g/mol. The van der Waals surface area contributed by atoms with Gasteiger partial charge in [-0.15, -0.1) is 0 Å². The third-order valence-electron chi connectivity index (χ3n) is 2.76. The minimum atomic E-state index is -0.513. The molecule has 6 heteroatoms. The number of amides is 1. The largest absolute Gasteiger partial charge is 0.417 e. The molecule has 1 aromatic heterocycles. The van der Waals surface area contributed by atoms with Crippen molar-refractivity contribution in [2.45, 2.75) is 0 Å². The van der Waals surface area contributed by atoms with Gasteiger partial charge >= 0.3 is 5.76 Å². The maximum absolute atomic E-state index is 12.1. The number of hydrogen-bond donors (Lipinski definition) is 2. The Morgan fingerprint density at radius 2 is 2.05 bits per heavy atom. The SMILES string of the molecule is O=C(Nc1ccc2oc(=O)[nH]c2c1)c1cccc(I)c1. The molecule has 0 radical (unpaired) electrons. The van der Waals surface area contributed by atoms with Gasteiger partial charge in [0.1, 0.15) is 0 Å². The van der Waals surface area contributed by atoms with Crippen LogP contribution >= 0.6 is 22.6 Å². The number of H-pyrrole nitrogens is 1. The number of nitrogens with one attached hydrogen (secondary N) is 2. The van der Waals surface area contributed by atoms with Crippen molar-refractivity contribution >= 4 is 45.3 Å². The summed E-state index contributed by atoms with van der Waals surface area (Å²) in [5.74, 6) is -0.713. The molecule has 0 saturated heterocycles. The number of carbonyl (C=O) groups is 1. The number of benzene rings is 2. The van der Waals surface area contributed by atoms with Gasteiger partial charge in [0.25, 0.3) is 5.91 Å². The lowest BCUT2D eigenvalue weighted by Crippen LogP contribution is -2.11. The number of fused-ring (bicyclic) bond motifs is 1. The van der Waals surface area contributed by atoms with Gasteiger partial charge in [0.2, 0.25) is 0 Å². The molecule has 0 aliphatic heterocycles. The number of carbonyl (C=O) groups excluding carboxylic acids is 1.